The highest BCUT2D eigenvalue weighted by molar-refractivity contribution is 8.00. The van der Waals surface area contributed by atoms with Gasteiger partial charge in [-0.25, -0.2) is 0 Å². The molecule has 1 N–H and O–H groups in total. The van der Waals surface area contributed by atoms with Crippen molar-refractivity contribution in [2.45, 2.75) is 12.2 Å². The van der Waals surface area contributed by atoms with Gasteiger partial charge in [0.2, 0.25) is 0 Å². The number of carboxylic acid groups (broad SMARTS) is 1. The minimum absolute atomic E-state index is 0.164. The molecule has 0 amide bonds. The van der Waals surface area contributed by atoms with E-state index in [-0.39, 0.29) is 12.4 Å². The molecule has 1 unspecified atom stereocenters. The monoisotopic (exact) mass is 364 g/mol. The molecule has 2 rings (SSSR count). The van der Waals surface area contributed by atoms with Crippen molar-refractivity contribution in [2.75, 3.05) is 12.4 Å². The summed E-state index contributed by atoms with van der Waals surface area (Å²) in [7, 11) is 0. The Hall–Kier alpha value is -1.98. The van der Waals surface area contributed by atoms with E-state index < -0.39 is 17.2 Å². The molecular formula is C18H17ClO4S. The predicted octanol–water partition coefficient (Wildman–Crippen LogP) is 4.43. The highest BCUT2D eigenvalue weighted by Crippen LogP contribution is 2.32. The van der Waals surface area contributed by atoms with Crippen LogP contribution in [0.1, 0.15) is 17.7 Å². The van der Waals surface area contributed by atoms with Gasteiger partial charge in [-0.15, -0.1) is 11.8 Å². The summed E-state index contributed by atoms with van der Waals surface area (Å²) in [6.07, 6.45) is 0. The van der Waals surface area contributed by atoms with Gasteiger partial charge in [0, 0.05) is 5.02 Å². The Balaban J connectivity index is 2.21. The van der Waals surface area contributed by atoms with Crippen LogP contribution in [-0.4, -0.2) is 29.4 Å². The summed E-state index contributed by atoms with van der Waals surface area (Å²) < 4.78 is 5.05. The van der Waals surface area contributed by atoms with E-state index in [1.54, 1.807) is 6.92 Å². The number of rotatable bonds is 7. The summed E-state index contributed by atoms with van der Waals surface area (Å²) in [5, 5.41) is 8.87. The van der Waals surface area contributed by atoms with Crippen molar-refractivity contribution < 1.29 is 19.4 Å². The summed E-state index contributed by atoms with van der Waals surface area (Å²) in [6, 6.07) is 14.9. The van der Waals surface area contributed by atoms with Crippen LogP contribution in [0, 0.1) is 0 Å². The molecule has 0 saturated carbocycles. The van der Waals surface area contributed by atoms with Crippen LogP contribution >= 0.6 is 23.4 Å². The maximum absolute atomic E-state index is 12.1. The third-order valence-electron chi connectivity index (χ3n) is 3.27. The van der Waals surface area contributed by atoms with Crippen molar-refractivity contribution in [2.24, 2.45) is 0 Å². The average Bonchev–Trinajstić information content (AvgIpc) is 2.56. The number of aliphatic carboxylic acids is 1. The number of halogens is 1. The van der Waals surface area contributed by atoms with Crippen LogP contribution in [0.3, 0.4) is 0 Å². The van der Waals surface area contributed by atoms with E-state index in [0.717, 1.165) is 28.5 Å². The Kier molecular flexibility index (Phi) is 6.70. The lowest BCUT2D eigenvalue weighted by molar-refractivity contribution is -0.142. The Morgan fingerprint density at radius 1 is 1.08 bits per heavy atom. The van der Waals surface area contributed by atoms with Gasteiger partial charge in [0.25, 0.3) is 0 Å². The lowest BCUT2D eigenvalue weighted by Crippen LogP contribution is -2.15. The number of benzene rings is 2. The first kappa shape index (κ1) is 18.4. The number of esters is 1. The van der Waals surface area contributed by atoms with Gasteiger partial charge in [-0.3, -0.25) is 9.59 Å². The number of hydrogen-bond acceptors (Lipinski definition) is 4. The third kappa shape index (κ3) is 5.01. The van der Waals surface area contributed by atoms with Crippen LogP contribution in [0.25, 0.3) is 11.1 Å². The first-order valence-electron chi connectivity index (χ1n) is 7.37. The zero-order chi connectivity index (χ0) is 17.5. The Bertz CT molecular complexity index is 698. The standard InChI is InChI=1S/C18H17ClO4S/c1-2-23-18(22)17(24-11-16(20)21)14-5-3-12(4-6-14)13-7-9-15(19)10-8-13/h3-10,17H,2,11H2,1H3,(H,20,21). The van der Waals surface area contributed by atoms with Gasteiger partial charge in [0.05, 0.1) is 12.4 Å². The quantitative estimate of drug-likeness (QED) is 0.736. The van der Waals surface area contributed by atoms with Crippen LogP contribution in [0.4, 0.5) is 0 Å². The van der Waals surface area contributed by atoms with Crippen molar-refractivity contribution in [1.82, 2.24) is 0 Å². The number of thioether (sulfide) groups is 1. The minimum atomic E-state index is -0.966. The van der Waals surface area contributed by atoms with Crippen molar-refractivity contribution in [3.8, 4) is 11.1 Å². The van der Waals surface area contributed by atoms with E-state index >= 15 is 0 Å². The molecule has 0 aromatic heterocycles. The van der Waals surface area contributed by atoms with Gasteiger partial charge < -0.3 is 9.84 Å². The lowest BCUT2D eigenvalue weighted by Gasteiger charge is -2.15. The van der Waals surface area contributed by atoms with Gasteiger partial charge in [-0.05, 0) is 35.7 Å². The normalized spacial score (nSPS) is 11.8. The molecule has 0 aliphatic heterocycles. The van der Waals surface area contributed by atoms with E-state index in [1.165, 1.54) is 0 Å². The van der Waals surface area contributed by atoms with Gasteiger partial charge in [0.15, 0.2) is 0 Å². The predicted molar refractivity (Wildman–Crippen MR) is 96.4 cm³/mol. The summed E-state index contributed by atoms with van der Waals surface area (Å²) >= 11 is 6.93. The molecule has 0 fully saturated rings. The minimum Gasteiger partial charge on any atom is -0.481 e. The number of carbonyl (C=O) groups is 2. The van der Waals surface area contributed by atoms with E-state index in [1.807, 2.05) is 48.5 Å². The fraction of sp³-hybridized carbons (Fsp3) is 0.222. The summed E-state index contributed by atoms with van der Waals surface area (Å²) in [4.78, 5) is 22.9. The van der Waals surface area contributed by atoms with E-state index in [4.69, 9.17) is 21.4 Å². The second-order valence-corrected chi connectivity index (χ2v) is 6.50. The zero-order valence-electron chi connectivity index (χ0n) is 13.1. The topological polar surface area (TPSA) is 63.6 Å². The van der Waals surface area contributed by atoms with E-state index in [9.17, 15) is 9.59 Å². The highest BCUT2D eigenvalue weighted by Gasteiger charge is 2.23. The van der Waals surface area contributed by atoms with Crippen molar-refractivity contribution in [3.05, 3.63) is 59.1 Å². The molecule has 1 atom stereocenters. The van der Waals surface area contributed by atoms with Crippen molar-refractivity contribution in [3.63, 3.8) is 0 Å². The number of ether oxygens (including phenoxy) is 1. The molecule has 2 aromatic rings. The molecule has 6 heteroatoms. The van der Waals surface area contributed by atoms with Gasteiger partial charge in [0.1, 0.15) is 5.25 Å². The van der Waals surface area contributed by atoms with Crippen LogP contribution < -0.4 is 0 Å². The molecule has 4 nitrogen and oxygen atoms in total. The molecule has 0 radical (unpaired) electrons. The number of carbonyl (C=O) groups excluding carboxylic acids is 1. The molecule has 0 bridgehead atoms. The average molecular weight is 365 g/mol. The van der Waals surface area contributed by atoms with Crippen LogP contribution in [0.5, 0.6) is 0 Å². The molecule has 2 aromatic carbocycles. The lowest BCUT2D eigenvalue weighted by atomic mass is 10.0. The molecule has 126 valence electrons. The van der Waals surface area contributed by atoms with Crippen LogP contribution in [-0.2, 0) is 14.3 Å². The second-order valence-electron chi connectivity index (χ2n) is 4.97. The van der Waals surface area contributed by atoms with Crippen molar-refractivity contribution >= 4 is 35.3 Å². The molecular weight excluding hydrogens is 348 g/mol. The number of hydrogen-bond donors (Lipinski definition) is 1. The van der Waals surface area contributed by atoms with Crippen LogP contribution in [0.2, 0.25) is 5.02 Å². The summed E-state index contributed by atoms with van der Waals surface area (Å²) in [5.41, 5.74) is 2.72. The van der Waals surface area contributed by atoms with Gasteiger partial charge >= 0.3 is 11.9 Å². The fourth-order valence-electron chi connectivity index (χ4n) is 2.17. The molecule has 0 aliphatic rings. The maximum Gasteiger partial charge on any atom is 0.323 e. The van der Waals surface area contributed by atoms with Gasteiger partial charge in [-0.1, -0.05) is 48.0 Å². The molecule has 0 heterocycles. The maximum atomic E-state index is 12.1. The molecule has 24 heavy (non-hydrogen) atoms. The Morgan fingerprint density at radius 2 is 1.62 bits per heavy atom. The largest absolute Gasteiger partial charge is 0.481 e. The fourth-order valence-corrected chi connectivity index (χ4v) is 3.15. The van der Waals surface area contributed by atoms with Gasteiger partial charge in [-0.2, -0.15) is 0 Å². The molecule has 0 spiro atoms. The highest BCUT2D eigenvalue weighted by atomic mass is 35.5. The molecule has 0 saturated heterocycles. The Labute approximate surface area is 149 Å². The van der Waals surface area contributed by atoms with Crippen LogP contribution in [0.15, 0.2) is 48.5 Å². The summed E-state index contributed by atoms with van der Waals surface area (Å²) in [6.45, 7) is 1.98. The Morgan fingerprint density at radius 3 is 2.12 bits per heavy atom. The zero-order valence-corrected chi connectivity index (χ0v) is 14.6. The van der Waals surface area contributed by atoms with E-state index in [2.05, 4.69) is 0 Å². The third-order valence-corrected chi connectivity index (χ3v) is 4.73. The van der Waals surface area contributed by atoms with Crippen molar-refractivity contribution in [1.29, 1.82) is 0 Å². The second kappa shape index (κ2) is 8.76. The summed E-state index contributed by atoms with van der Waals surface area (Å²) in [5.74, 6) is -1.56. The number of carboxylic acids is 1. The first-order chi connectivity index (χ1) is 11.5. The first-order valence-corrected chi connectivity index (χ1v) is 8.80. The SMILES string of the molecule is CCOC(=O)C(SCC(=O)O)c1ccc(-c2ccc(Cl)cc2)cc1. The van der Waals surface area contributed by atoms with E-state index in [0.29, 0.717) is 5.02 Å². The smallest absolute Gasteiger partial charge is 0.323 e. The molecule has 0 aliphatic carbocycles.